The van der Waals surface area contributed by atoms with Crippen LogP contribution in [0.1, 0.15) is 39.5 Å². The summed E-state index contributed by atoms with van der Waals surface area (Å²) in [5.74, 6) is 1.79. The van der Waals surface area contributed by atoms with E-state index >= 15 is 0 Å². The fraction of sp³-hybridized carbons (Fsp3) is 0.833. The molecule has 2 aliphatic rings. The Labute approximate surface area is 81.2 Å². The van der Waals surface area contributed by atoms with Crippen molar-refractivity contribution in [2.24, 2.45) is 11.8 Å². The van der Waals surface area contributed by atoms with Crippen molar-refractivity contribution < 1.29 is 4.74 Å². The zero-order valence-corrected chi connectivity index (χ0v) is 8.81. The minimum Gasteiger partial charge on any atom is -0.371 e. The SMILES string of the molecule is C=C(C)COC1(C)CC2CCC1C2. The summed E-state index contributed by atoms with van der Waals surface area (Å²) < 4.78 is 5.99. The van der Waals surface area contributed by atoms with E-state index in [2.05, 4.69) is 13.5 Å². The molecule has 2 aliphatic carbocycles. The van der Waals surface area contributed by atoms with Crippen molar-refractivity contribution in [2.45, 2.75) is 45.1 Å². The molecule has 0 saturated heterocycles. The van der Waals surface area contributed by atoms with Crippen LogP contribution in [-0.4, -0.2) is 12.2 Å². The lowest BCUT2D eigenvalue weighted by molar-refractivity contribution is -0.0590. The molecule has 2 fully saturated rings. The smallest absolute Gasteiger partial charge is 0.0689 e. The van der Waals surface area contributed by atoms with Gasteiger partial charge in [-0.1, -0.05) is 12.2 Å². The summed E-state index contributed by atoms with van der Waals surface area (Å²) in [6.07, 6.45) is 5.52. The Kier molecular flexibility index (Phi) is 2.23. The van der Waals surface area contributed by atoms with Gasteiger partial charge in [0, 0.05) is 0 Å². The molecule has 0 N–H and O–H groups in total. The van der Waals surface area contributed by atoms with E-state index in [0.29, 0.717) is 0 Å². The molecule has 0 aliphatic heterocycles. The third-order valence-corrected chi connectivity index (χ3v) is 3.75. The number of hydrogen-bond acceptors (Lipinski definition) is 1. The maximum Gasteiger partial charge on any atom is 0.0689 e. The van der Waals surface area contributed by atoms with Crippen LogP contribution in [0, 0.1) is 11.8 Å². The first-order chi connectivity index (χ1) is 6.10. The van der Waals surface area contributed by atoms with E-state index in [9.17, 15) is 0 Å². The Hall–Kier alpha value is -0.300. The molecule has 2 bridgehead atoms. The zero-order valence-electron chi connectivity index (χ0n) is 8.81. The summed E-state index contributed by atoms with van der Waals surface area (Å²) in [6.45, 7) is 8.96. The van der Waals surface area contributed by atoms with Gasteiger partial charge in [-0.25, -0.2) is 0 Å². The molecular weight excluding hydrogens is 160 g/mol. The molecule has 0 spiro atoms. The first-order valence-electron chi connectivity index (χ1n) is 5.38. The van der Waals surface area contributed by atoms with Crippen LogP contribution in [0.15, 0.2) is 12.2 Å². The lowest BCUT2D eigenvalue weighted by Crippen LogP contribution is -2.35. The third-order valence-electron chi connectivity index (χ3n) is 3.75. The normalized spacial score (nSPS) is 42.6. The summed E-state index contributed by atoms with van der Waals surface area (Å²) in [6, 6.07) is 0. The summed E-state index contributed by atoms with van der Waals surface area (Å²) in [5, 5.41) is 0. The van der Waals surface area contributed by atoms with Gasteiger partial charge in [0.05, 0.1) is 12.2 Å². The van der Waals surface area contributed by atoms with E-state index in [1.165, 1.54) is 25.7 Å². The Balaban J connectivity index is 1.93. The Bertz CT molecular complexity index is 221. The first-order valence-corrected chi connectivity index (χ1v) is 5.38. The maximum atomic E-state index is 5.99. The average molecular weight is 180 g/mol. The summed E-state index contributed by atoms with van der Waals surface area (Å²) in [7, 11) is 0. The maximum absolute atomic E-state index is 5.99. The van der Waals surface area contributed by atoms with Gasteiger partial charge in [-0.3, -0.25) is 0 Å². The van der Waals surface area contributed by atoms with E-state index in [-0.39, 0.29) is 5.60 Å². The Morgan fingerprint density at radius 3 is 2.77 bits per heavy atom. The quantitative estimate of drug-likeness (QED) is 0.606. The molecule has 2 rings (SSSR count). The Morgan fingerprint density at radius 1 is 1.54 bits per heavy atom. The highest BCUT2D eigenvalue weighted by atomic mass is 16.5. The van der Waals surface area contributed by atoms with Gasteiger partial charge in [-0.05, 0) is 51.4 Å². The van der Waals surface area contributed by atoms with Crippen LogP contribution in [0.3, 0.4) is 0 Å². The van der Waals surface area contributed by atoms with Gasteiger partial charge in [-0.2, -0.15) is 0 Å². The van der Waals surface area contributed by atoms with Crippen molar-refractivity contribution in [1.29, 1.82) is 0 Å². The second-order valence-electron chi connectivity index (χ2n) is 5.14. The monoisotopic (exact) mass is 180 g/mol. The summed E-state index contributed by atoms with van der Waals surface area (Å²) in [4.78, 5) is 0. The van der Waals surface area contributed by atoms with Crippen molar-refractivity contribution >= 4 is 0 Å². The molecule has 0 radical (unpaired) electrons. The lowest BCUT2D eigenvalue weighted by atomic mass is 9.86. The van der Waals surface area contributed by atoms with Crippen LogP contribution in [0.25, 0.3) is 0 Å². The molecule has 3 atom stereocenters. The van der Waals surface area contributed by atoms with Crippen LogP contribution < -0.4 is 0 Å². The number of fused-ring (bicyclic) bond motifs is 2. The number of ether oxygens (including phenoxy) is 1. The van der Waals surface area contributed by atoms with Crippen molar-refractivity contribution in [3.8, 4) is 0 Å². The predicted octanol–water partition coefficient (Wildman–Crippen LogP) is 3.16. The van der Waals surface area contributed by atoms with Crippen LogP contribution >= 0.6 is 0 Å². The van der Waals surface area contributed by atoms with Gasteiger partial charge in [0.25, 0.3) is 0 Å². The molecule has 0 heterocycles. The topological polar surface area (TPSA) is 9.23 Å². The highest BCUT2D eigenvalue weighted by molar-refractivity contribution is 5.01. The van der Waals surface area contributed by atoms with Crippen molar-refractivity contribution in [2.75, 3.05) is 6.61 Å². The van der Waals surface area contributed by atoms with Gasteiger partial charge in [-0.15, -0.1) is 0 Å². The number of rotatable bonds is 3. The van der Waals surface area contributed by atoms with Gasteiger partial charge < -0.3 is 4.74 Å². The molecule has 1 heteroatoms. The van der Waals surface area contributed by atoms with Crippen LogP contribution in [0.2, 0.25) is 0 Å². The lowest BCUT2D eigenvalue weighted by Gasteiger charge is -2.34. The first kappa shape index (κ1) is 9.26. The fourth-order valence-corrected chi connectivity index (χ4v) is 3.02. The minimum atomic E-state index is 0.182. The standard InChI is InChI=1S/C12H20O/c1-9(2)8-13-12(3)7-10-4-5-11(12)6-10/h10-11H,1,4-8H2,2-3H3. The summed E-state index contributed by atoms with van der Waals surface area (Å²) >= 11 is 0. The molecule has 3 unspecified atom stereocenters. The highest BCUT2D eigenvalue weighted by Gasteiger charge is 2.48. The van der Waals surface area contributed by atoms with E-state index < -0.39 is 0 Å². The van der Waals surface area contributed by atoms with Gasteiger partial charge in [0.2, 0.25) is 0 Å². The van der Waals surface area contributed by atoms with E-state index in [4.69, 9.17) is 4.74 Å². The third kappa shape index (κ3) is 1.67. The van der Waals surface area contributed by atoms with Crippen LogP contribution in [-0.2, 0) is 4.74 Å². The zero-order chi connectivity index (χ0) is 9.47. The molecule has 0 aromatic rings. The molecular formula is C12H20O. The second kappa shape index (κ2) is 3.13. The second-order valence-corrected chi connectivity index (χ2v) is 5.14. The highest BCUT2D eigenvalue weighted by Crippen LogP contribution is 2.52. The van der Waals surface area contributed by atoms with Gasteiger partial charge in [0.1, 0.15) is 0 Å². The Morgan fingerprint density at radius 2 is 2.31 bits per heavy atom. The largest absolute Gasteiger partial charge is 0.371 e. The fourth-order valence-electron chi connectivity index (χ4n) is 3.02. The van der Waals surface area contributed by atoms with Crippen LogP contribution in [0.5, 0.6) is 0 Å². The minimum absolute atomic E-state index is 0.182. The molecule has 2 saturated carbocycles. The van der Waals surface area contributed by atoms with E-state index in [1.807, 2.05) is 6.92 Å². The molecule has 0 aromatic carbocycles. The molecule has 0 aromatic heterocycles. The molecule has 13 heavy (non-hydrogen) atoms. The molecule has 74 valence electrons. The number of hydrogen-bond donors (Lipinski definition) is 0. The molecule has 1 nitrogen and oxygen atoms in total. The summed E-state index contributed by atoms with van der Waals surface area (Å²) in [5.41, 5.74) is 1.32. The predicted molar refractivity (Wildman–Crippen MR) is 54.6 cm³/mol. The van der Waals surface area contributed by atoms with Gasteiger partial charge >= 0.3 is 0 Å². The van der Waals surface area contributed by atoms with Crippen LogP contribution in [0.4, 0.5) is 0 Å². The average Bonchev–Trinajstić information content (AvgIpc) is 2.60. The van der Waals surface area contributed by atoms with E-state index in [1.54, 1.807) is 0 Å². The van der Waals surface area contributed by atoms with Gasteiger partial charge in [0.15, 0.2) is 0 Å². The van der Waals surface area contributed by atoms with E-state index in [0.717, 1.165) is 24.0 Å². The van der Waals surface area contributed by atoms with Crippen molar-refractivity contribution in [3.05, 3.63) is 12.2 Å². The molecule has 0 amide bonds. The van der Waals surface area contributed by atoms with Crippen molar-refractivity contribution in [3.63, 3.8) is 0 Å². The van der Waals surface area contributed by atoms with Crippen molar-refractivity contribution in [1.82, 2.24) is 0 Å².